The number of carbonyl (C=O) groups is 1. The standard InChI is InChI=1S/C16H23N3O3Si/c1-23(2,3)5-4-21-10-19-14(16(17)20)6-13-15(19)12-9-22-8-11(12)7-18-13/h6-7H,4-5,8-10H2,1-3H3,(H2,17,20). The van der Waals surface area contributed by atoms with Crippen molar-refractivity contribution in [1.82, 2.24) is 9.55 Å². The second-order valence-electron chi connectivity index (χ2n) is 7.16. The Balaban J connectivity index is 1.92. The Morgan fingerprint density at radius 1 is 1.43 bits per heavy atom. The molecule has 0 aliphatic carbocycles. The van der Waals surface area contributed by atoms with Crippen LogP contribution in [-0.2, 0) is 29.4 Å². The van der Waals surface area contributed by atoms with Crippen LogP contribution in [0.15, 0.2) is 12.3 Å². The van der Waals surface area contributed by atoms with E-state index in [1.54, 1.807) is 6.07 Å². The predicted octanol–water partition coefficient (Wildman–Crippen LogP) is 2.48. The Labute approximate surface area is 136 Å². The minimum atomic E-state index is -1.14. The van der Waals surface area contributed by atoms with Crippen LogP contribution in [-0.4, -0.2) is 30.1 Å². The van der Waals surface area contributed by atoms with E-state index in [1.165, 1.54) is 0 Å². The fraction of sp³-hybridized carbons (Fsp3) is 0.500. The Bertz CT molecular complexity index is 749. The number of nitrogens with zero attached hydrogens (tertiary/aromatic N) is 2. The summed E-state index contributed by atoms with van der Waals surface area (Å²) in [4.78, 5) is 16.2. The molecule has 1 aliphatic rings. The topological polar surface area (TPSA) is 79.4 Å². The highest BCUT2D eigenvalue weighted by Crippen LogP contribution is 2.29. The normalized spacial score (nSPS) is 14.4. The lowest BCUT2D eigenvalue weighted by Gasteiger charge is -2.16. The number of pyridine rings is 1. The van der Waals surface area contributed by atoms with Crippen molar-refractivity contribution in [3.63, 3.8) is 0 Å². The van der Waals surface area contributed by atoms with Crippen molar-refractivity contribution in [2.75, 3.05) is 6.61 Å². The quantitative estimate of drug-likeness (QED) is 0.650. The van der Waals surface area contributed by atoms with Crippen LogP contribution in [0.4, 0.5) is 0 Å². The van der Waals surface area contributed by atoms with Crippen LogP contribution in [0.25, 0.3) is 11.0 Å². The molecule has 0 unspecified atom stereocenters. The molecule has 1 aliphatic heterocycles. The van der Waals surface area contributed by atoms with E-state index in [1.807, 2.05) is 10.8 Å². The number of fused-ring (bicyclic) bond motifs is 3. The molecule has 0 spiro atoms. The zero-order valence-electron chi connectivity index (χ0n) is 13.9. The summed E-state index contributed by atoms with van der Waals surface area (Å²) < 4.78 is 13.2. The van der Waals surface area contributed by atoms with Crippen LogP contribution in [0.3, 0.4) is 0 Å². The van der Waals surface area contributed by atoms with E-state index < -0.39 is 14.0 Å². The van der Waals surface area contributed by atoms with Crippen molar-refractivity contribution in [2.45, 2.75) is 45.6 Å². The van der Waals surface area contributed by atoms with Gasteiger partial charge in [0.2, 0.25) is 0 Å². The molecular formula is C16H23N3O3Si. The highest BCUT2D eigenvalue weighted by Gasteiger charge is 2.22. The van der Waals surface area contributed by atoms with E-state index in [0.29, 0.717) is 32.2 Å². The van der Waals surface area contributed by atoms with E-state index in [-0.39, 0.29) is 0 Å². The first-order chi connectivity index (χ1) is 10.9. The number of aromatic nitrogens is 2. The monoisotopic (exact) mass is 333 g/mol. The van der Waals surface area contributed by atoms with Crippen molar-refractivity contribution < 1.29 is 14.3 Å². The van der Waals surface area contributed by atoms with Gasteiger partial charge in [0, 0.05) is 32.0 Å². The third-order valence-corrected chi connectivity index (χ3v) is 5.79. The molecule has 3 rings (SSSR count). The fourth-order valence-corrected chi connectivity index (χ4v) is 3.51. The second-order valence-corrected chi connectivity index (χ2v) is 12.8. The Morgan fingerprint density at radius 2 is 2.22 bits per heavy atom. The summed E-state index contributed by atoms with van der Waals surface area (Å²) in [7, 11) is -1.14. The van der Waals surface area contributed by atoms with E-state index >= 15 is 0 Å². The van der Waals surface area contributed by atoms with Crippen LogP contribution in [0.5, 0.6) is 0 Å². The van der Waals surface area contributed by atoms with Gasteiger partial charge in [0.1, 0.15) is 12.4 Å². The van der Waals surface area contributed by atoms with Crippen molar-refractivity contribution in [2.24, 2.45) is 5.73 Å². The lowest BCUT2D eigenvalue weighted by molar-refractivity contribution is 0.0828. The molecule has 2 aromatic heterocycles. The first-order valence-electron chi connectivity index (χ1n) is 7.82. The first kappa shape index (κ1) is 16.2. The van der Waals surface area contributed by atoms with Gasteiger partial charge in [-0.05, 0) is 12.1 Å². The Morgan fingerprint density at radius 3 is 2.91 bits per heavy atom. The Hall–Kier alpha value is -1.70. The lowest BCUT2D eigenvalue weighted by atomic mass is 10.1. The summed E-state index contributed by atoms with van der Waals surface area (Å²) in [6.07, 6.45) is 1.81. The molecule has 0 bridgehead atoms. The molecule has 0 saturated heterocycles. The zero-order valence-corrected chi connectivity index (χ0v) is 14.9. The minimum absolute atomic E-state index is 0.310. The number of hydrogen-bond donors (Lipinski definition) is 1. The van der Waals surface area contributed by atoms with Gasteiger partial charge >= 0.3 is 0 Å². The van der Waals surface area contributed by atoms with Crippen molar-refractivity contribution >= 4 is 25.0 Å². The van der Waals surface area contributed by atoms with Gasteiger partial charge in [-0.3, -0.25) is 9.78 Å². The summed E-state index contributed by atoms with van der Waals surface area (Å²) >= 11 is 0. The number of primary amides is 1. The fourth-order valence-electron chi connectivity index (χ4n) is 2.75. The average molecular weight is 333 g/mol. The number of ether oxygens (including phenoxy) is 2. The minimum Gasteiger partial charge on any atom is -0.372 e. The van der Waals surface area contributed by atoms with E-state index in [0.717, 1.165) is 28.2 Å². The smallest absolute Gasteiger partial charge is 0.265 e. The molecule has 23 heavy (non-hydrogen) atoms. The maximum absolute atomic E-state index is 11.8. The number of rotatable bonds is 6. The van der Waals surface area contributed by atoms with E-state index in [9.17, 15) is 4.79 Å². The van der Waals surface area contributed by atoms with Gasteiger partial charge in [0.25, 0.3) is 5.91 Å². The van der Waals surface area contributed by atoms with E-state index in [2.05, 4.69) is 24.6 Å². The lowest BCUT2D eigenvalue weighted by Crippen LogP contribution is -2.23. The van der Waals surface area contributed by atoms with Gasteiger partial charge in [-0.15, -0.1) is 0 Å². The van der Waals surface area contributed by atoms with Gasteiger partial charge in [-0.25, -0.2) is 0 Å². The highest BCUT2D eigenvalue weighted by atomic mass is 28.3. The molecule has 3 heterocycles. The molecule has 2 N–H and O–H groups in total. The second kappa shape index (κ2) is 6.07. The van der Waals surface area contributed by atoms with Gasteiger partial charge in [-0.1, -0.05) is 19.6 Å². The zero-order chi connectivity index (χ0) is 16.6. The summed E-state index contributed by atoms with van der Waals surface area (Å²) in [5.41, 5.74) is 9.77. The Kier molecular flexibility index (Phi) is 4.26. The SMILES string of the molecule is C[Si](C)(C)CCOCn1c(C(N)=O)cc2ncc3c(c21)COC3. The van der Waals surface area contributed by atoms with Crippen LogP contribution in [0.2, 0.25) is 25.7 Å². The first-order valence-corrected chi connectivity index (χ1v) is 11.5. The van der Waals surface area contributed by atoms with Gasteiger partial charge < -0.3 is 19.8 Å². The van der Waals surface area contributed by atoms with Crippen LogP contribution in [0, 0.1) is 0 Å². The maximum Gasteiger partial charge on any atom is 0.265 e. The third-order valence-electron chi connectivity index (χ3n) is 4.08. The molecule has 6 nitrogen and oxygen atoms in total. The predicted molar refractivity (Wildman–Crippen MR) is 90.8 cm³/mol. The summed E-state index contributed by atoms with van der Waals surface area (Å²) in [6.45, 7) is 9.02. The molecule has 1 amide bonds. The van der Waals surface area contributed by atoms with Crippen LogP contribution >= 0.6 is 0 Å². The van der Waals surface area contributed by atoms with E-state index in [4.69, 9.17) is 15.2 Å². The number of hydrogen-bond acceptors (Lipinski definition) is 4. The summed E-state index contributed by atoms with van der Waals surface area (Å²) in [5.74, 6) is -0.468. The molecule has 7 heteroatoms. The molecule has 2 aromatic rings. The van der Waals surface area contributed by atoms with Crippen molar-refractivity contribution in [1.29, 1.82) is 0 Å². The maximum atomic E-state index is 11.8. The molecule has 0 radical (unpaired) electrons. The molecule has 0 saturated carbocycles. The van der Waals surface area contributed by atoms with Crippen LogP contribution < -0.4 is 5.73 Å². The number of carbonyl (C=O) groups excluding carboxylic acids is 1. The highest BCUT2D eigenvalue weighted by molar-refractivity contribution is 6.76. The van der Waals surface area contributed by atoms with Gasteiger partial charge in [0.05, 0.1) is 24.2 Å². The summed E-state index contributed by atoms with van der Waals surface area (Å²) in [5, 5.41) is 0. The molecule has 124 valence electrons. The molecule has 0 atom stereocenters. The average Bonchev–Trinajstić information content (AvgIpc) is 3.06. The van der Waals surface area contributed by atoms with Gasteiger partial charge in [-0.2, -0.15) is 0 Å². The van der Waals surface area contributed by atoms with Gasteiger partial charge in [0.15, 0.2) is 0 Å². The molecule has 0 aromatic carbocycles. The largest absolute Gasteiger partial charge is 0.372 e. The third kappa shape index (κ3) is 3.31. The summed E-state index contributed by atoms with van der Waals surface area (Å²) in [6, 6.07) is 2.82. The van der Waals surface area contributed by atoms with Crippen LogP contribution in [0.1, 0.15) is 21.6 Å². The number of amides is 1. The van der Waals surface area contributed by atoms with Crippen molar-refractivity contribution in [3.05, 3.63) is 29.1 Å². The molecular weight excluding hydrogens is 310 g/mol. The molecule has 0 fully saturated rings. The van der Waals surface area contributed by atoms with Crippen molar-refractivity contribution in [3.8, 4) is 0 Å². The number of nitrogens with two attached hydrogens (primary N) is 1.